The van der Waals surface area contributed by atoms with Gasteiger partial charge in [0.2, 0.25) is 0 Å². The van der Waals surface area contributed by atoms with Crippen LogP contribution in [0.15, 0.2) is 18.2 Å². The van der Waals surface area contributed by atoms with Gasteiger partial charge in [0.25, 0.3) is 5.91 Å². The summed E-state index contributed by atoms with van der Waals surface area (Å²) in [4.78, 5) is 14.4. The molecule has 21 heavy (non-hydrogen) atoms. The molecule has 0 unspecified atom stereocenters. The molecule has 1 aromatic carbocycles. The Labute approximate surface area is 126 Å². The largest absolute Gasteiger partial charge is 0.399 e. The van der Waals surface area contributed by atoms with Crippen LogP contribution in [-0.4, -0.2) is 38.3 Å². The number of aliphatic hydroxyl groups excluding tert-OH is 1. The van der Waals surface area contributed by atoms with Crippen LogP contribution < -0.4 is 16.0 Å². The highest BCUT2D eigenvalue weighted by Crippen LogP contribution is 2.37. The lowest BCUT2D eigenvalue weighted by atomic mass is 9.87. The van der Waals surface area contributed by atoms with Crippen molar-refractivity contribution in [1.82, 2.24) is 5.32 Å². The summed E-state index contributed by atoms with van der Waals surface area (Å²) >= 11 is 0. The van der Waals surface area contributed by atoms with Crippen molar-refractivity contribution in [2.45, 2.75) is 25.7 Å². The van der Waals surface area contributed by atoms with Crippen molar-refractivity contribution in [2.75, 3.05) is 37.9 Å². The van der Waals surface area contributed by atoms with E-state index in [9.17, 15) is 9.90 Å². The Kier molecular flexibility index (Phi) is 4.73. The number of anilines is 2. The standard InChI is InChI=1S/C16H25N3O2/c1-19(2)14-6-5-12(17)9-13(14)15(21)18-10-16(11-20)7-3-4-8-16/h5-6,9,20H,3-4,7-8,10-11,17H2,1-2H3,(H,18,21). The molecular formula is C16H25N3O2. The zero-order valence-electron chi connectivity index (χ0n) is 12.9. The lowest BCUT2D eigenvalue weighted by molar-refractivity contribution is 0.0881. The van der Waals surface area contributed by atoms with Crippen LogP contribution in [-0.2, 0) is 0 Å². The molecule has 0 saturated heterocycles. The molecule has 0 atom stereocenters. The molecule has 2 rings (SSSR count). The van der Waals surface area contributed by atoms with Gasteiger partial charge >= 0.3 is 0 Å². The van der Waals surface area contributed by atoms with Crippen molar-refractivity contribution in [3.63, 3.8) is 0 Å². The second-order valence-corrected chi connectivity index (χ2v) is 6.22. The third-order valence-corrected chi connectivity index (χ3v) is 4.37. The molecule has 5 heteroatoms. The first-order valence-electron chi connectivity index (χ1n) is 7.43. The molecule has 116 valence electrons. The number of nitrogen functional groups attached to an aromatic ring is 1. The summed E-state index contributed by atoms with van der Waals surface area (Å²) in [5.41, 5.74) is 7.64. The number of aliphatic hydroxyl groups is 1. The van der Waals surface area contributed by atoms with Gasteiger partial charge in [0.1, 0.15) is 0 Å². The molecule has 0 aliphatic heterocycles. The Hall–Kier alpha value is -1.75. The predicted octanol–water partition coefficient (Wildman–Crippen LogP) is 1.62. The average Bonchev–Trinajstić information content (AvgIpc) is 2.94. The van der Waals surface area contributed by atoms with Gasteiger partial charge in [0.15, 0.2) is 0 Å². The van der Waals surface area contributed by atoms with E-state index in [0.29, 0.717) is 17.8 Å². The van der Waals surface area contributed by atoms with E-state index in [1.165, 1.54) is 0 Å². The van der Waals surface area contributed by atoms with Gasteiger partial charge < -0.3 is 21.1 Å². The lowest BCUT2D eigenvalue weighted by Crippen LogP contribution is -2.38. The fourth-order valence-electron chi connectivity index (χ4n) is 3.00. The molecule has 1 fully saturated rings. The number of hydrogen-bond acceptors (Lipinski definition) is 4. The van der Waals surface area contributed by atoms with E-state index in [4.69, 9.17) is 5.73 Å². The molecule has 5 nitrogen and oxygen atoms in total. The smallest absolute Gasteiger partial charge is 0.253 e. The fourth-order valence-corrected chi connectivity index (χ4v) is 3.00. The topological polar surface area (TPSA) is 78.6 Å². The Balaban J connectivity index is 2.11. The fraction of sp³-hybridized carbons (Fsp3) is 0.562. The summed E-state index contributed by atoms with van der Waals surface area (Å²) < 4.78 is 0. The van der Waals surface area contributed by atoms with Crippen LogP contribution in [0.5, 0.6) is 0 Å². The van der Waals surface area contributed by atoms with Crippen LogP contribution in [0, 0.1) is 5.41 Å². The van der Waals surface area contributed by atoms with Crippen LogP contribution in [0.1, 0.15) is 36.0 Å². The van der Waals surface area contributed by atoms with E-state index >= 15 is 0 Å². The van der Waals surface area contributed by atoms with Crippen molar-refractivity contribution in [1.29, 1.82) is 0 Å². The Morgan fingerprint density at radius 2 is 2.05 bits per heavy atom. The number of hydrogen-bond donors (Lipinski definition) is 3. The Morgan fingerprint density at radius 3 is 2.62 bits per heavy atom. The van der Waals surface area contributed by atoms with Gasteiger partial charge in [0.05, 0.1) is 12.2 Å². The molecule has 1 saturated carbocycles. The molecule has 1 aliphatic carbocycles. The molecule has 1 aromatic rings. The van der Waals surface area contributed by atoms with Crippen molar-refractivity contribution < 1.29 is 9.90 Å². The van der Waals surface area contributed by atoms with E-state index in [0.717, 1.165) is 31.4 Å². The molecule has 1 amide bonds. The molecule has 0 radical (unpaired) electrons. The first kappa shape index (κ1) is 15.6. The average molecular weight is 291 g/mol. The molecule has 0 spiro atoms. The monoisotopic (exact) mass is 291 g/mol. The predicted molar refractivity (Wildman–Crippen MR) is 85.5 cm³/mol. The number of nitrogens with zero attached hydrogens (tertiary/aromatic N) is 1. The number of amides is 1. The van der Waals surface area contributed by atoms with E-state index in [1.54, 1.807) is 12.1 Å². The highest BCUT2D eigenvalue weighted by molar-refractivity contribution is 6.00. The zero-order chi connectivity index (χ0) is 15.5. The number of carbonyl (C=O) groups is 1. The maximum Gasteiger partial charge on any atom is 0.253 e. The lowest BCUT2D eigenvalue weighted by Gasteiger charge is -2.27. The maximum atomic E-state index is 12.5. The van der Waals surface area contributed by atoms with Crippen LogP contribution >= 0.6 is 0 Å². The van der Waals surface area contributed by atoms with Crippen LogP contribution in [0.2, 0.25) is 0 Å². The number of nitrogens with one attached hydrogen (secondary N) is 1. The summed E-state index contributed by atoms with van der Waals surface area (Å²) in [6.45, 7) is 0.648. The molecule has 1 aliphatic rings. The Morgan fingerprint density at radius 1 is 1.38 bits per heavy atom. The Bertz CT molecular complexity index is 508. The van der Waals surface area contributed by atoms with Gasteiger partial charge in [-0.1, -0.05) is 12.8 Å². The van der Waals surface area contributed by atoms with E-state index in [1.807, 2.05) is 25.1 Å². The molecule has 0 aromatic heterocycles. The van der Waals surface area contributed by atoms with Crippen LogP contribution in [0.3, 0.4) is 0 Å². The first-order chi connectivity index (χ1) is 9.97. The van der Waals surface area contributed by atoms with E-state index < -0.39 is 0 Å². The van der Waals surface area contributed by atoms with Gasteiger partial charge in [-0.15, -0.1) is 0 Å². The molecule has 0 heterocycles. The van der Waals surface area contributed by atoms with Crippen molar-refractivity contribution in [2.24, 2.45) is 5.41 Å². The summed E-state index contributed by atoms with van der Waals surface area (Å²) in [7, 11) is 3.79. The molecular weight excluding hydrogens is 266 g/mol. The third kappa shape index (κ3) is 3.47. The summed E-state index contributed by atoms with van der Waals surface area (Å²) in [5, 5.41) is 12.6. The molecule has 0 bridgehead atoms. The van der Waals surface area contributed by atoms with Crippen LogP contribution in [0.4, 0.5) is 11.4 Å². The zero-order valence-corrected chi connectivity index (χ0v) is 12.9. The summed E-state index contributed by atoms with van der Waals surface area (Å²) in [6.07, 6.45) is 4.19. The van der Waals surface area contributed by atoms with E-state index in [-0.39, 0.29) is 17.9 Å². The van der Waals surface area contributed by atoms with Gasteiger partial charge in [-0.2, -0.15) is 0 Å². The van der Waals surface area contributed by atoms with Crippen LogP contribution in [0.25, 0.3) is 0 Å². The number of nitrogens with two attached hydrogens (primary N) is 1. The second-order valence-electron chi connectivity index (χ2n) is 6.22. The van der Waals surface area contributed by atoms with E-state index in [2.05, 4.69) is 5.32 Å². The SMILES string of the molecule is CN(C)c1ccc(N)cc1C(=O)NCC1(CO)CCCC1. The minimum Gasteiger partial charge on any atom is -0.399 e. The first-order valence-corrected chi connectivity index (χ1v) is 7.43. The summed E-state index contributed by atoms with van der Waals surface area (Å²) in [6, 6.07) is 5.34. The van der Waals surface area contributed by atoms with Gasteiger partial charge in [-0.25, -0.2) is 0 Å². The van der Waals surface area contributed by atoms with Crippen molar-refractivity contribution >= 4 is 17.3 Å². The minimum atomic E-state index is -0.145. The van der Waals surface area contributed by atoms with Crippen molar-refractivity contribution in [3.8, 4) is 0 Å². The highest BCUT2D eigenvalue weighted by atomic mass is 16.3. The van der Waals surface area contributed by atoms with Crippen molar-refractivity contribution in [3.05, 3.63) is 23.8 Å². The van der Waals surface area contributed by atoms with Gasteiger partial charge in [-0.05, 0) is 31.0 Å². The maximum absolute atomic E-state index is 12.5. The van der Waals surface area contributed by atoms with Gasteiger partial charge in [-0.3, -0.25) is 4.79 Å². The highest BCUT2D eigenvalue weighted by Gasteiger charge is 2.33. The van der Waals surface area contributed by atoms with Gasteiger partial charge in [0, 0.05) is 37.4 Å². The number of carbonyl (C=O) groups excluding carboxylic acids is 1. The molecule has 4 N–H and O–H groups in total. The number of rotatable bonds is 5. The number of benzene rings is 1. The second kappa shape index (κ2) is 6.35. The third-order valence-electron chi connectivity index (χ3n) is 4.37. The minimum absolute atomic E-state index is 0.130. The quantitative estimate of drug-likeness (QED) is 0.720. The summed E-state index contributed by atoms with van der Waals surface area (Å²) in [5.74, 6) is -0.134. The normalized spacial score (nSPS) is 16.7.